The topological polar surface area (TPSA) is 23.8 Å². The zero-order chi connectivity index (χ0) is 7.98. The molecule has 1 nitrogen and oxygen atoms in total. The molecule has 0 bridgehead atoms. The summed E-state index contributed by atoms with van der Waals surface area (Å²) in [4.78, 5) is 0. The van der Waals surface area contributed by atoms with Gasteiger partial charge >= 0.3 is 0 Å². The minimum atomic E-state index is -0.0875. The quantitative estimate of drug-likeness (QED) is 0.542. The third-order valence-corrected chi connectivity index (χ3v) is 1.24. The Labute approximate surface area is 62.0 Å². The highest BCUT2D eigenvalue weighted by molar-refractivity contribution is 5.27. The molecule has 0 heterocycles. The molecule has 0 amide bonds. The highest BCUT2D eigenvalue weighted by Gasteiger charge is 2.00. The minimum absolute atomic E-state index is 0.0875. The van der Waals surface area contributed by atoms with Crippen molar-refractivity contribution in [2.45, 2.75) is 6.92 Å². The maximum absolute atomic E-state index is 8.49. The van der Waals surface area contributed by atoms with E-state index < -0.39 is 0 Å². The predicted octanol–water partition coefficient (Wildman–Crippen LogP) is 2.44. The van der Waals surface area contributed by atoms with E-state index in [1.807, 2.05) is 6.92 Å². The summed E-state index contributed by atoms with van der Waals surface area (Å²) in [6, 6.07) is 2.11. The van der Waals surface area contributed by atoms with Crippen molar-refractivity contribution in [1.82, 2.24) is 0 Å². The highest BCUT2D eigenvalue weighted by Crippen LogP contribution is 2.09. The lowest BCUT2D eigenvalue weighted by atomic mass is 10.0. The summed E-state index contributed by atoms with van der Waals surface area (Å²) in [6.07, 6.45) is 5.13. The lowest BCUT2D eigenvalue weighted by Gasteiger charge is -1.99. The lowest BCUT2D eigenvalue weighted by Crippen LogP contribution is -1.91. The number of nitriles is 1. The molecule has 0 radical (unpaired) electrons. The Morgan fingerprint density at radius 3 is 2.50 bits per heavy atom. The van der Waals surface area contributed by atoms with Gasteiger partial charge in [-0.15, -0.1) is 0 Å². The Morgan fingerprint density at radius 2 is 2.20 bits per heavy atom. The summed E-state index contributed by atoms with van der Waals surface area (Å²) in [6.45, 7) is 8.94. The van der Waals surface area contributed by atoms with E-state index in [4.69, 9.17) is 5.26 Å². The van der Waals surface area contributed by atoms with Crippen molar-refractivity contribution >= 4 is 0 Å². The van der Waals surface area contributed by atoms with Gasteiger partial charge < -0.3 is 0 Å². The van der Waals surface area contributed by atoms with Crippen molar-refractivity contribution < 1.29 is 0 Å². The third kappa shape index (κ3) is 2.32. The minimum Gasteiger partial charge on any atom is -0.198 e. The Morgan fingerprint density at radius 1 is 1.60 bits per heavy atom. The zero-order valence-electron chi connectivity index (χ0n) is 6.17. The fourth-order valence-electron chi connectivity index (χ4n) is 0.600. The van der Waals surface area contributed by atoms with Crippen molar-refractivity contribution in [2.24, 2.45) is 5.92 Å². The Balaban J connectivity index is 4.37. The molecular weight excluding hydrogens is 122 g/mol. The molecule has 1 heteroatoms. The molecule has 0 aliphatic heterocycles. The molecule has 1 unspecified atom stereocenters. The molecule has 52 valence electrons. The van der Waals surface area contributed by atoms with Gasteiger partial charge in [-0.1, -0.05) is 31.4 Å². The molecular formula is C9H11N. The van der Waals surface area contributed by atoms with Crippen molar-refractivity contribution in [3.8, 4) is 6.07 Å². The van der Waals surface area contributed by atoms with Gasteiger partial charge in [-0.3, -0.25) is 0 Å². The molecule has 0 saturated carbocycles. The van der Waals surface area contributed by atoms with Crippen molar-refractivity contribution in [3.63, 3.8) is 0 Å². The van der Waals surface area contributed by atoms with Crippen LogP contribution in [-0.2, 0) is 0 Å². The first-order valence-corrected chi connectivity index (χ1v) is 3.11. The largest absolute Gasteiger partial charge is 0.198 e. The second-order valence-electron chi connectivity index (χ2n) is 1.96. The molecule has 1 atom stereocenters. The number of allylic oxidation sites excluding steroid dienone is 4. The average Bonchev–Trinajstić information content (AvgIpc) is 1.99. The van der Waals surface area contributed by atoms with Crippen LogP contribution in [0, 0.1) is 17.2 Å². The molecule has 0 N–H and O–H groups in total. The van der Waals surface area contributed by atoms with Crippen LogP contribution in [0.3, 0.4) is 0 Å². The van der Waals surface area contributed by atoms with Gasteiger partial charge in [0, 0.05) is 0 Å². The van der Waals surface area contributed by atoms with Crippen molar-refractivity contribution in [1.29, 1.82) is 5.26 Å². The van der Waals surface area contributed by atoms with Crippen LogP contribution in [0.1, 0.15) is 6.92 Å². The Kier molecular flexibility index (Phi) is 3.99. The number of hydrogen-bond acceptors (Lipinski definition) is 1. The number of nitrogens with zero attached hydrogens (tertiary/aromatic N) is 1. The first-order valence-electron chi connectivity index (χ1n) is 3.11. The standard InChI is InChI=1S/C9H11N/c1-4-6-9(5-2)8(3)7-10/h4-6,8H,1-2H2,3H3/b9-6+. The molecule has 0 saturated heterocycles. The predicted molar refractivity (Wildman–Crippen MR) is 43.3 cm³/mol. The maximum atomic E-state index is 8.49. The SMILES string of the molecule is C=C/C=C(\C=C)C(C)C#N. The van der Waals surface area contributed by atoms with E-state index in [1.165, 1.54) is 0 Å². The smallest absolute Gasteiger partial charge is 0.0700 e. The van der Waals surface area contributed by atoms with Crippen molar-refractivity contribution in [3.05, 3.63) is 37.0 Å². The summed E-state index contributed by atoms with van der Waals surface area (Å²) in [5.74, 6) is -0.0875. The Bertz CT molecular complexity index is 193. The fourth-order valence-corrected chi connectivity index (χ4v) is 0.600. The van der Waals surface area contributed by atoms with E-state index in [2.05, 4.69) is 19.2 Å². The van der Waals surface area contributed by atoms with E-state index in [1.54, 1.807) is 18.2 Å². The Hall–Kier alpha value is -1.29. The van der Waals surface area contributed by atoms with Crippen LogP contribution in [0.25, 0.3) is 0 Å². The van der Waals surface area contributed by atoms with Crippen LogP contribution in [0.2, 0.25) is 0 Å². The van der Waals surface area contributed by atoms with Crippen LogP contribution in [0.15, 0.2) is 37.0 Å². The van der Waals surface area contributed by atoms with Crippen LogP contribution in [0.5, 0.6) is 0 Å². The summed E-state index contributed by atoms with van der Waals surface area (Å²) < 4.78 is 0. The van der Waals surface area contributed by atoms with E-state index in [-0.39, 0.29) is 5.92 Å². The molecule has 0 aliphatic carbocycles. The van der Waals surface area contributed by atoms with Gasteiger partial charge in [0.1, 0.15) is 0 Å². The molecule has 0 aromatic heterocycles. The van der Waals surface area contributed by atoms with Crippen LogP contribution in [-0.4, -0.2) is 0 Å². The zero-order valence-corrected chi connectivity index (χ0v) is 6.17. The monoisotopic (exact) mass is 133 g/mol. The van der Waals surface area contributed by atoms with Crippen molar-refractivity contribution in [2.75, 3.05) is 0 Å². The highest BCUT2D eigenvalue weighted by atomic mass is 14.3. The van der Waals surface area contributed by atoms with E-state index in [9.17, 15) is 0 Å². The normalized spacial score (nSPS) is 13.4. The third-order valence-electron chi connectivity index (χ3n) is 1.24. The van der Waals surface area contributed by atoms with Crippen LogP contribution < -0.4 is 0 Å². The molecule has 0 rings (SSSR count). The fraction of sp³-hybridized carbons (Fsp3) is 0.222. The number of hydrogen-bond donors (Lipinski definition) is 0. The van der Waals surface area contributed by atoms with Gasteiger partial charge in [-0.05, 0) is 12.5 Å². The lowest BCUT2D eigenvalue weighted by molar-refractivity contribution is 0.909. The molecule has 0 fully saturated rings. The van der Waals surface area contributed by atoms with Gasteiger partial charge in [0.15, 0.2) is 0 Å². The van der Waals surface area contributed by atoms with Gasteiger partial charge in [0.25, 0.3) is 0 Å². The molecule has 0 aromatic carbocycles. The second-order valence-corrected chi connectivity index (χ2v) is 1.96. The maximum Gasteiger partial charge on any atom is 0.0700 e. The average molecular weight is 133 g/mol. The van der Waals surface area contributed by atoms with Gasteiger partial charge in [-0.25, -0.2) is 0 Å². The van der Waals surface area contributed by atoms with Gasteiger partial charge in [0.05, 0.1) is 12.0 Å². The van der Waals surface area contributed by atoms with Gasteiger partial charge in [-0.2, -0.15) is 5.26 Å². The van der Waals surface area contributed by atoms with E-state index in [0.717, 1.165) is 5.57 Å². The summed E-state index contributed by atoms with van der Waals surface area (Å²) in [7, 11) is 0. The van der Waals surface area contributed by atoms with Crippen LogP contribution >= 0.6 is 0 Å². The van der Waals surface area contributed by atoms with Crippen LogP contribution in [0.4, 0.5) is 0 Å². The van der Waals surface area contributed by atoms with E-state index in [0.29, 0.717) is 0 Å². The summed E-state index contributed by atoms with van der Waals surface area (Å²) in [5.41, 5.74) is 0.914. The van der Waals surface area contributed by atoms with Gasteiger partial charge in [0.2, 0.25) is 0 Å². The summed E-state index contributed by atoms with van der Waals surface area (Å²) >= 11 is 0. The van der Waals surface area contributed by atoms with E-state index >= 15 is 0 Å². The first kappa shape index (κ1) is 8.71. The molecule has 0 spiro atoms. The second kappa shape index (κ2) is 4.58. The molecule has 10 heavy (non-hydrogen) atoms. The first-order chi connectivity index (χ1) is 4.76. The summed E-state index contributed by atoms with van der Waals surface area (Å²) in [5, 5.41) is 8.49. The number of rotatable bonds is 3. The molecule has 0 aromatic rings. The molecule has 0 aliphatic rings.